The van der Waals surface area contributed by atoms with E-state index in [1.807, 2.05) is 0 Å². The normalized spacial score (nSPS) is 11.2. The van der Waals surface area contributed by atoms with Crippen LogP contribution in [0.4, 0.5) is 5.69 Å². The first-order valence-corrected chi connectivity index (χ1v) is 9.16. The van der Waals surface area contributed by atoms with Crippen LogP contribution in [0.3, 0.4) is 0 Å². The lowest BCUT2D eigenvalue weighted by atomic mass is 10.2. The molecule has 0 amide bonds. The highest BCUT2D eigenvalue weighted by Gasteiger charge is 2.20. The summed E-state index contributed by atoms with van der Waals surface area (Å²) in [6.45, 7) is 2.74. The van der Waals surface area contributed by atoms with Crippen molar-refractivity contribution in [2.45, 2.75) is 20.0 Å². The number of rotatable bonds is 7. The predicted molar refractivity (Wildman–Crippen MR) is 112 cm³/mol. The molecule has 11 heteroatoms. The van der Waals surface area contributed by atoms with Crippen molar-refractivity contribution in [3.63, 3.8) is 0 Å². The van der Waals surface area contributed by atoms with Gasteiger partial charge in [0.1, 0.15) is 0 Å². The molecule has 31 heavy (non-hydrogen) atoms. The number of aromatic amines is 1. The summed E-state index contributed by atoms with van der Waals surface area (Å²) in [7, 11) is 0. The van der Waals surface area contributed by atoms with Crippen molar-refractivity contribution in [3.05, 3.63) is 79.0 Å². The number of nitro benzene ring substituents is 1. The highest BCUT2D eigenvalue weighted by molar-refractivity contribution is 5.86. The zero-order chi connectivity index (χ0) is 22.5. The number of nitro groups is 1. The second-order valence-corrected chi connectivity index (χ2v) is 6.62. The van der Waals surface area contributed by atoms with Gasteiger partial charge in [0.05, 0.1) is 28.1 Å². The molecule has 0 aliphatic carbocycles. The number of carbonyl (C=O) groups is 1. The van der Waals surface area contributed by atoms with E-state index in [1.54, 1.807) is 32.0 Å². The number of hydrogen-bond acceptors (Lipinski definition) is 8. The van der Waals surface area contributed by atoms with Crippen LogP contribution in [0.1, 0.15) is 19.4 Å². The van der Waals surface area contributed by atoms with Gasteiger partial charge in [-0.3, -0.25) is 14.9 Å². The van der Waals surface area contributed by atoms with Gasteiger partial charge in [-0.2, -0.15) is 5.10 Å². The van der Waals surface area contributed by atoms with Crippen molar-refractivity contribution in [3.8, 4) is 5.75 Å². The lowest BCUT2D eigenvalue weighted by molar-refractivity contribution is -0.385. The van der Waals surface area contributed by atoms with E-state index in [0.29, 0.717) is 10.2 Å². The van der Waals surface area contributed by atoms with E-state index in [2.05, 4.69) is 10.1 Å². The van der Waals surface area contributed by atoms with Gasteiger partial charge in [0.15, 0.2) is 6.61 Å². The average molecular weight is 426 g/mol. The van der Waals surface area contributed by atoms with Crippen molar-refractivity contribution in [2.75, 3.05) is 6.61 Å². The van der Waals surface area contributed by atoms with Crippen molar-refractivity contribution in [1.82, 2.24) is 9.66 Å². The van der Waals surface area contributed by atoms with Crippen LogP contribution in [0.25, 0.3) is 10.9 Å². The van der Waals surface area contributed by atoms with Gasteiger partial charge >= 0.3 is 17.3 Å². The number of esters is 1. The Morgan fingerprint density at radius 2 is 1.97 bits per heavy atom. The minimum Gasteiger partial charge on any atom is -0.474 e. The number of fused-ring (bicyclic) bond motifs is 1. The summed E-state index contributed by atoms with van der Waals surface area (Å²) >= 11 is 0. The summed E-state index contributed by atoms with van der Waals surface area (Å²) < 4.78 is 10.9. The van der Waals surface area contributed by atoms with Crippen LogP contribution in [0, 0.1) is 10.1 Å². The number of hydrogen-bond donors (Lipinski definition) is 1. The van der Waals surface area contributed by atoms with Gasteiger partial charge in [0.2, 0.25) is 5.75 Å². The van der Waals surface area contributed by atoms with Crippen molar-refractivity contribution in [2.24, 2.45) is 5.10 Å². The molecule has 3 aromatic rings. The third-order valence-corrected chi connectivity index (χ3v) is 4.02. The van der Waals surface area contributed by atoms with Gasteiger partial charge in [-0.15, -0.1) is 4.68 Å². The van der Waals surface area contributed by atoms with Crippen LogP contribution in [-0.4, -0.2) is 39.5 Å². The first-order valence-electron chi connectivity index (χ1n) is 9.16. The molecule has 1 N–H and O–H groups in total. The second-order valence-electron chi connectivity index (χ2n) is 6.62. The zero-order valence-corrected chi connectivity index (χ0v) is 16.6. The summed E-state index contributed by atoms with van der Waals surface area (Å²) in [4.78, 5) is 49.8. The van der Waals surface area contributed by atoms with E-state index in [4.69, 9.17) is 9.47 Å². The van der Waals surface area contributed by atoms with Gasteiger partial charge in [0, 0.05) is 11.6 Å². The number of benzene rings is 2. The van der Waals surface area contributed by atoms with Crippen molar-refractivity contribution >= 4 is 28.8 Å². The highest BCUT2D eigenvalue weighted by atomic mass is 16.6. The standard InChI is InChI=1S/C20H18N4O7/c1-12(2)31-17(25)11-30-18-13(6-5-9-16(18)24(28)29)10-21-23-19(26)14-7-3-4-8-15(14)22-20(23)27/h3-10,12H,11H2,1-2H3,(H,22,27). The maximum absolute atomic E-state index is 12.6. The molecule has 160 valence electrons. The quantitative estimate of drug-likeness (QED) is 0.262. The van der Waals surface area contributed by atoms with Crippen LogP contribution in [0.5, 0.6) is 5.75 Å². The first kappa shape index (κ1) is 21.4. The molecule has 11 nitrogen and oxygen atoms in total. The molecular weight excluding hydrogens is 408 g/mol. The molecule has 0 bridgehead atoms. The second kappa shape index (κ2) is 9.03. The fraction of sp³-hybridized carbons (Fsp3) is 0.200. The van der Waals surface area contributed by atoms with Gasteiger partial charge in [-0.05, 0) is 32.0 Å². The van der Waals surface area contributed by atoms with Crippen molar-refractivity contribution in [1.29, 1.82) is 0 Å². The van der Waals surface area contributed by atoms with Gasteiger partial charge < -0.3 is 14.5 Å². The molecule has 1 heterocycles. The van der Waals surface area contributed by atoms with Crippen LogP contribution in [0.2, 0.25) is 0 Å². The average Bonchev–Trinajstić information content (AvgIpc) is 2.71. The molecule has 0 aliphatic rings. The lowest BCUT2D eigenvalue weighted by Crippen LogP contribution is -2.32. The number of nitrogens with one attached hydrogen (secondary N) is 1. The largest absolute Gasteiger partial charge is 0.474 e. The van der Waals surface area contributed by atoms with Crippen LogP contribution < -0.4 is 16.0 Å². The van der Waals surface area contributed by atoms with E-state index < -0.39 is 34.4 Å². The summed E-state index contributed by atoms with van der Waals surface area (Å²) in [6, 6.07) is 10.4. The topological polar surface area (TPSA) is 146 Å². The molecule has 1 aromatic heterocycles. The Balaban J connectivity index is 2.01. The molecule has 0 radical (unpaired) electrons. The van der Waals surface area contributed by atoms with Crippen LogP contribution >= 0.6 is 0 Å². The fourth-order valence-corrected chi connectivity index (χ4v) is 2.75. The lowest BCUT2D eigenvalue weighted by Gasteiger charge is -2.11. The van der Waals surface area contributed by atoms with E-state index in [0.717, 1.165) is 6.21 Å². The number of nitrogens with zero attached hydrogens (tertiary/aromatic N) is 3. The Morgan fingerprint density at radius 3 is 2.68 bits per heavy atom. The first-order chi connectivity index (χ1) is 14.8. The smallest absolute Gasteiger partial charge is 0.349 e. The SMILES string of the molecule is CC(C)OC(=O)COc1c(C=Nn2c(=O)[nH]c3ccccc3c2=O)cccc1[N+](=O)[O-]. The number of ether oxygens (including phenoxy) is 2. The van der Waals surface area contributed by atoms with E-state index >= 15 is 0 Å². The summed E-state index contributed by atoms with van der Waals surface area (Å²) in [5, 5.41) is 15.5. The fourth-order valence-electron chi connectivity index (χ4n) is 2.75. The van der Waals surface area contributed by atoms with Gasteiger partial charge in [0.25, 0.3) is 5.56 Å². The molecule has 0 unspecified atom stereocenters. The predicted octanol–water partition coefficient (Wildman–Crippen LogP) is 1.81. The zero-order valence-electron chi connectivity index (χ0n) is 16.6. The van der Waals surface area contributed by atoms with E-state index in [-0.39, 0.29) is 22.8 Å². The highest BCUT2D eigenvalue weighted by Crippen LogP contribution is 2.30. The summed E-state index contributed by atoms with van der Waals surface area (Å²) in [5.74, 6) is -0.958. The van der Waals surface area contributed by atoms with Crippen molar-refractivity contribution < 1.29 is 19.2 Å². The number of para-hydroxylation sites is 2. The Hall–Kier alpha value is -4.28. The molecule has 0 fully saturated rings. The molecule has 0 saturated carbocycles. The third kappa shape index (κ3) is 4.83. The van der Waals surface area contributed by atoms with Crippen LogP contribution in [0.15, 0.2) is 57.2 Å². The number of carbonyl (C=O) groups excluding carboxylic acids is 1. The van der Waals surface area contributed by atoms with Gasteiger partial charge in [-0.25, -0.2) is 9.59 Å². The van der Waals surface area contributed by atoms with E-state index in [9.17, 15) is 24.5 Å². The monoisotopic (exact) mass is 426 g/mol. The number of H-pyrrole nitrogens is 1. The Kier molecular flexibility index (Phi) is 6.24. The Labute approximate surface area is 174 Å². The van der Waals surface area contributed by atoms with E-state index in [1.165, 1.54) is 24.3 Å². The third-order valence-electron chi connectivity index (χ3n) is 4.02. The molecular formula is C20H18N4O7. The molecule has 2 aromatic carbocycles. The summed E-state index contributed by atoms with van der Waals surface area (Å²) in [6.07, 6.45) is 0.691. The molecule has 3 rings (SSSR count). The minimum atomic E-state index is -0.784. The number of aromatic nitrogens is 2. The Bertz CT molecular complexity index is 1290. The maximum Gasteiger partial charge on any atom is 0.349 e. The molecule has 0 atom stereocenters. The summed E-state index contributed by atoms with van der Waals surface area (Å²) in [5.41, 5.74) is -1.42. The molecule has 0 saturated heterocycles. The maximum atomic E-state index is 12.6. The van der Waals surface area contributed by atoms with Gasteiger partial charge in [-0.1, -0.05) is 18.2 Å². The molecule has 0 spiro atoms. The molecule has 0 aliphatic heterocycles. The minimum absolute atomic E-state index is 0.0889. The Morgan fingerprint density at radius 1 is 1.23 bits per heavy atom. The van der Waals surface area contributed by atoms with Crippen LogP contribution in [-0.2, 0) is 9.53 Å².